The van der Waals surface area contributed by atoms with Gasteiger partial charge in [0.15, 0.2) is 0 Å². The SMILES string of the molecule is CCCCCCc1c2c(CCc3ccccc3)c3ccoc3c(CCc3ccccc3)c2c(CCCCCC)c2c(CCc3ccccc3)c3ccoc3c(CCc3ccccc3)c12. The van der Waals surface area contributed by atoms with Gasteiger partial charge in [-0.2, -0.15) is 0 Å². The molecule has 9 aromatic rings. The molecule has 0 saturated carbocycles. The summed E-state index contributed by atoms with van der Waals surface area (Å²) in [5.74, 6) is 0. The second-order valence-corrected chi connectivity index (χ2v) is 18.3. The maximum absolute atomic E-state index is 6.79. The molecule has 0 bridgehead atoms. The van der Waals surface area contributed by atoms with Gasteiger partial charge in [-0.25, -0.2) is 0 Å². The molecule has 0 aliphatic heterocycles. The molecule has 0 amide bonds. The molecule has 0 spiro atoms. The Bertz CT molecular complexity index is 2500. The maximum Gasteiger partial charge on any atom is 0.137 e. The number of hydrogen-bond acceptors (Lipinski definition) is 2. The highest BCUT2D eigenvalue weighted by Crippen LogP contribution is 2.48. The Labute approximate surface area is 381 Å². The van der Waals surface area contributed by atoms with Crippen molar-refractivity contribution in [2.45, 2.75) is 129 Å². The van der Waals surface area contributed by atoms with Gasteiger partial charge in [-0.15, -0.1) is 0 Å². The van der Waals surface area contributed by atoms with Crippen molar-refractivity contribution in [1.82, 2.24) is 0 Å². The van der Waals surface area contributed by atoms with Gasteiger partial charge in [0, 0.05) is 21.9 Å². The van der Waals surface area contributed by atoms with Gasteiger partial charge in [0.05, 0.1) is 12.5 Å². The summed E-state index contributed by atoms with van der Waals surface area (Å²) < 4.78 is 13.6. The Morgan fingerprint density at radius 1 is 0.281 bits per heavy atom. The van der Waals surface area contributed by atoms with Crippen molar-refractivity contribution in [3.63, 3.8) is 0 Å². The first-order valence-electron chi connectivity index (χ1n) is 24.7. The fraction of sp³-hybridized carbons (Fsp3) is 0.323. The van der Waals surface area contributed by atoms with Gasteiger partial charge >= 0.3 is 0 Å². The predicted molar refractivity (Wildman–Crippen MR) is 272 cm³/mol. The Morgan fingerprint density at radius 2 is 0.594 bits per heavy atom. The lowest BCUT2D eigenvalue weighted by atomic mass is 9.77. The van der Waals surface area contributed by atoms with Gasteiger partial charge in [0.1, 0.15) is 11.2 Å². The van der Waals surface area contributed by atoms with Gasteiger partial charge in [0.25, 0.3) is 0 Å². The van der Waals surface area contributed by atoms with Crippen LogP contribution in [0, 0.1) is 0 Å². The normalized spacial score (nSPS) is 11.8. The van der Waals surface area contributed by atoms with Crippen molar-refractivity contribution in [1.29, 1.82) is 0 Å². The van der Waals surface area contributed by atoms with E-state index < -0.39 is 0 Å². The molecule has 64 heavy (non-hydrogen) atoms. The van der Waals surface area contributed by atoms with E-state index in [2.05, 4.69) is 147 Å². The van der Waals surface area contributed by atoms with Crippen molar-refractivity contribution < 1.29 is 8.83 Å². The monoisotopic (exact) mass is 843 g/mol. The van der Waals surface area contributed by atoms with Crippen molar-refractivity contribution in [3.8, 4) is 0 Å². The number of hydrogen-bond donors (Lipinski definition) is 0. The number of aryl methyl sites for hydroxylation is 10. The molecule has 0 aliphatic carbocycles. The summed E-state index contributed by atoms with van der Waals surface area (Å²) in [6, 6.07) is 49.1. The molecule has 9 rings (SSSR count). The predicted octanol–water partition coefficient (Wildman–Crippen LogP) is 16.9. The van der Waals surface area contributed by atoms with Crippen LogP contribution in [0.15, 0.2) is 155 Å². The smallest absolute Gasteiger partial charge is 0.137 e. The zero-order valence-corrected chi connectivity index (χ0v) is 38.4. The summed E-state index contributed by atoms with van der Waals surface area (Å²) in [4.78, 5) is 0. The summed E-state index contributed by atoms with van der Waals surface area (Å²) >= 11 is 0. The van der Waals surface area contributed by atoms with Crippen LogP contribution in [0.5, 0.6) is 0 Å². The highest BCUT2D eigenvalue weighted by atomic mass is 16.3. The molecule has 0 unspecified atom stereocenters. The van der Waals surface area contributed by atoms with Crippen molar-refractivity contribution >= 4 is 43.5 Å². The van der Waals surface area contributed by atoms with E-state index >= 15 is 0 Å². The van der Waals surface area contributed by atoms with Gasteiger partial charge < -0.3 is 8.83 Å². The van der Waals surface area contributed by atoms with Gasteiger partial charge in [-0.05, 0) is 155 Å². The molecule has 2 aromatic heterocycles. The average molecular weight is 843 g/mol. The van der Waals surface area contributed by atoms with Crippen LogP contribution in [0.3, 0.4) is 0 Å². The van der Waals surface area contributed by atoms with Crippen LogP contribution in [-0.4, -0.2) is 0 Å². The Balaban J connectivity index is 1.41. The maximum atomic E-state index is 6.79. The van der Waals surface area contributed by atoms with Crippen molar-refractivity contribution in [2.24, 2.45) is 0 Å². The summed E-state index contributed by atoms with van der Waals surface area (Å²) in [5.41, 5.74) is 16.5. The molecule has 0 saturated heterocycles. The van der Waals surface area contributed by atoms with Gasteiger partial charge in [-0.1, -0.05) is 174 Å². The second kappa shape index (κ2) is 21.2. The highest BCUT2D eigenvalue weighted by molar-refractivity contribution is 6.18. The van der Waals surface area contributed by atoms with E-state index in [1.54, 1.807) is 11.1 Å². The quantitative estimate of drug-likeness (QED) is 0.0502. The van der Waals surface area contributed by atoms with Crippen LogP contribution in [0.25, 0.3) is 43.5 Å². The second-order valence-electron chi connectivity index (χ2n) is 18.3. The number of benzene rings is 7. The lowest BCUT2D eigenvalue weighted by Crippen LogP contribution is -2.09. The van der Waals surface area contributed by atoms with Crippen LogP contribution >= 0.6 is 0 Å². The van der Waals surface area contributed by atoms with E-state index in [1.807, 2.05) is 12.5 Å². The van der Waals surface area contributed by atoms with Crippen LogP contribution in [0.4, 0.5) is 0 Å². The highest BCUT2D eigenvalue weighted by Gasteiger charge is 2.29. The van der Waals surface area contributed by atoms with Crippen molar-refractivity contribution in [3.05, 3.63) is 202 Å². The van der Waals surface area contributed by atoms with E-state index in [9.17, 15) is 0 Å². The summed E-state index contributed by atoms with van der Waals surface area (Å²) in [6.07, 6.45) is 23.5. The third-order valence-electron chi connectivity index (χ3n) is 14.0. The average Bonchev–Trinajstić information content (AvgIpc) is 4.04. The van der Waals surface area contributed by atoms with Crippen LogP contribution in [-0.2, 0) is 64.2 Å². The standard InChI is InChI=1S/C62H66O2/c1-3-5-7-21-31-53-57-49(37-33-45-23-13-9-14-24-45)51-41-43-64-62(51)56(40-36-48-29-19-12-20-30-48)60(57)54(32-22-8-6-4-2)58-50(38-34-46-25-15-10-16-26-46)52-42-44-63-61(52)55(59(53)58)39-35-47-27-17-11-18-28-47/h9-20,23-30,41-44H,3-8,21-22,31-40H2,1-2H3. The van der Waals surface area contributed by atoms with E-state index in [0.29, 0.717) is 0 Å². The summed E-state index contributed by atoms with van der Waals surface area (Å²) in [6.45, 7) is 4.67. The largest absolute Gasteiger partial charge is 0.464 e. The molecule has 7 aromatic carbocycles. The molecule has 0 radical (unpaired) electrons. The Kier molecular flexibility index (Phi) is 14.4. The molecule has 326 valence electrons. The first kappa shape index (κ1) is 43.4. The van der Waals surface area contributed by atoms with Crippen LogP contribution in [0.2, 0.25) is 0 Å². The fourth-order valence-corrected chi connectivity index (χ4v) is 10.9. The lowest BCUT2D eigenvalue weighted by Gasteiger charge is -2.27. The zero-order chi connectivity index (χ0) is 43.5. The van der Waals surface area contributed by atoms with Crippen LogP contribution in [0.1, 0.15) is 121 Å². The van der Waals surface area contributed by atoms with Crippen molar-refractivity contribution in [2.75, 3.05) is 0 Å². The van der Waals surface area contributed by atoms with Gasteiger partial charge in [0.2, 0.25) is 0 Å². The third kappa shape index (κ3) is 9.49. The minimum Gasteiger partial charge on any atom is -0.464 e. The molecule has 0 aliphatic rings. The minimum atomic E-state index is 0.931. The molecule has 0 atom stereocenters. The first-order valence-corrected chi connectivity index (χ1v) is 24.7. The fourth-order valence-electron chi connectivity index (χ4n) is 10.9. The molecular weight excluding hydrogens is 777 g/mol. The number of unbranched alkanes of at least 4 members (excludes halogenated alkanes) is 6. The topological polar surface area (TPSA) is 26.3 Å². The van der Waals surface area contributed by atoms with Gasteiger partial charge in [-0.3, -0.25) is 0 Å². The zero-order valence-electron chi connectivity index (χ0n) is 38.4. The third-order valence-corrected chi connectivity index (χ3v) is 14.0. The van der Waals surface area contributed by atoms with E-state index in [-0.39, 0.29) is 0 Å². The Morgan fingerprint density at radius 3 is 0.922 bits per heavy atom. The molecule has 0 fully saturated rings. The number of furan rings is 2. The number of rotatable bonds is 22. The summed E-state index contributed by atoms with van der Waals surface area (Å²) in [5, 5.41) is 8.62. The molecule has 2 heterocycles. The van der Waals surface area contributed by atoms with E-state index in [0.717, 1.165) is 75.4 Å². The first-order chi connectivity index (χ1) is 31.7. The molecule has 2 heteroatoms. The number of fused-ring (bicyclic) bond motifs is 4. The van der Waals surface area contributed by atoms with E-state index in [1.165, 1.54) is 128 Å². The van der Waals surface area contributed by atoms with Crippen LogP contribution < -0.4 is 0 Å². The molecular formula is C62H66O2. The van der Waals surface area contributed by atoms with E-state index in [4.69, 9.17) is 8.83 Å². The minimum absolute atomic E-state index is 0.931. The molecule has 2 nitrogen and oxygen atoms in total. The molecule has 0 N–H and O–H groups in total. The Hall–Kier alpha value is -5.86. The lowest BCUT2D eigenvalue weighted by molar-refractivity contribution is 0.610. The summed E-state index contributed by atoms with van der Waals surface area (Å²) in [7, 11) is 0.